The van der Waals surface area contributed by atoms with Crippen molar-refractivity contribution >= 4 is 44.6 Å². The zero-order valence-corrected chi connectivity index (χ0v) is 13.3. The predicted octanol–water partition coefficient (Wildman–Crippen LogP) is 3.39. The molecule has 0 amide bonds. The molecule has 0 bridgehead atoms. The quantitative estimate of drug-likeness (QED) is 0.831. The number of nitrogens with one attached hydrogen (secondary N) is 1. The van der Waals surface area contributed by atoms with Crippen LogP contribution in [0.3, 0.4) is 0 Å². The van der Waals surface area contributed by atoms with Gasteiger partial charge in [0.2, 0.25) is 0 Å². The molecule has 0 fully saturated rings. The average Bonchev–Trinajstić information content (AvgIpc) is 2.43. The molecule has 0 aromatic heterocycles. The van der Waals surface area contributed by atoms with Crippen molar-refractivity contribution in [2.45, 2.75) is 4.90 Å². The van der Waals surface area contributed by atoms with Gasteiger partial charge in [0.1, 0.15) is 5.75 Å². The number of hydrogen-bond donors (Lipinski definition) is 2. The third kappa shape index (κ3) is 3.53. The van der Waals surface area contributed by atoms with Gasteiger partial charge in [-0.2, -0.15) is 0 Å². The van der Waals surface area contributed by atoms with E-state index in [1.807, 2.05) is 0 Å². The molecule has 5 nitrogen and oxygen atoms in total. The van der Waals surface area contributed by atoms with Crippen molar-refractivity contribution in [1.82, 2.24) is 0 Å². The predicted molar refractivity (Wildman–Crippen MR) is 84.7 cm³/mol. The van der Waals surface area contributed by atoms with Crippen molar-refractivity contribution < 1.29 is 13.2 Å². The molecule has 0 aliphatic carbocycles. The minimum Gasteiger partial charge on any atom is -0.495 e. The van der Waals surface area contributed by atoms with Gasteiger partial charge < -0.3 is 10.5 Å². The number of ether oxygens (including phenoxy) is 1. The third-order valence-electron chi connectivity index (χ3n) is 2.68. The molecule has 0 unspecified atom stereocenters. The van der Waals surface area contributed by atoms with E-state index in [0.717, 1.165) is 0 Å². The van der Waals surface area contributed by atoms with Crippen molar-refractivity contribution in [2.24, 2.45) is 0 Å². The summed E-state index contributed by atoms with van der Waals surface area (Å²) >= 11 is 11.7. The molecule has 0 saturated heterocycles. The lowest BCUT2D eigenvalue weighted by molar-refractivity contribution is 0.415. The van der Waals surface area contributed by atoms with Gasteiger partial charge in [0.15, 0.2) is 0 Å². The van der Waals surface area contributed by atoms with Gasteiger partial charge in [-0.05, 0) is 30.3 Å². The van der Waals surface area contributed by atoms with Crippen LogP contribution in [0.5, 0.6) is 5.75 Å². The van der Waals surface area contributed by atoms with Gasteiger partial charge >= 0.3 is 0 Å². The first-order valence-corrected chi connectivity index (χ1v) is 7.99. The number of anilines is 2. The molecule has 0 aliphatic rings. The summed E-state index contributed by atoms with van der Waals surface area (Å²) in [4.78, 5) is 0.0123. The van der Waals surface area contributed by atoms with E-state index in [9.17, 15) is 8.42 Å². The molecule has 0 spiro atoms. The SMILES string of the molecule is COc1cc(NS(=O)(=O)c2ccc(Cl)c(N)c2)ccc1Cl. The van der Waals surface area contributed by atoms with E-state index >= 15 is 0 Å². The van der Waals surface area contributed by atoms with Crippen molar-refractivity contribution in [2.75, 3.05) is 17.6 Å². The molecule has 0 heterocycles. The molecule has 3 N–H and O–H groups in total. The monoisotopic (exact) mass is 346 g/mol. The largest absolute Gasteiger partial charge is 0.495 e. The zero-order chi connectivity index (χ0) is 15.6. The third-order valence-corrected chi connectivity index (χ3v) is 4.72. The van der Waals surface area contributed by atoms with Crippen LogP contribution in [0.15, 0.2) is 41.3 Å². The minimum atomic E-state index is -3.78. The maximum atomic E-state index is 12.3. The summed E-state index contributed by atoms with van der Waals surface area (Å²) in [6.45, 7) is 0. The van der Waals surface area contributed by atoms with Gasteiger partial charge in [-0.1, -0.05) is 23.2 Å². The van der Waals surface area contributed by atoms with E-state index in [2.05, 4.69) is 4.72 Å². The highest BCUT2D eigenvalue weighted by Crippen LogP contribution is 2.29. The van der Waals surface area contributed by atoms with Gasteiger partial charge in [-0.25, -0.2) is 8.42 Å². The smallest absolute Gasteiger partial charge is 0.261 e. The molecular weight excluding hydrogens is 335 g/mol. The van der Waals surface area contributed by atoms with Gasteiger partial charge in [0.25, 0.3) is 10.0 Å². The van der Waals surface area contributed by atoms with Crippen LogP contribution >= 0.6 is 23.2 Å². The van der Waals surface area contributed by atoms with Crippen LogP contribution in [0.1, 0.15) is 0 Å². The summed E-state index contributed by atoms with van der Waals surface area (Å²) in [5.74, 6) is 0.368. The minimum absolute atomic E-state index is 0.0123. The number of methoxy groups -OCH3 is 1. The number of nitrogens with two attached hydrogens (primary N) is 1. The highest BCUT2D eigenvalue weighted by atomic mass is 35.5. The molecule has 0 atom stereocenters. The molecule has 0 aliphatic heterocycles. The van der Waals surface area contributed by atoms with Gasteiger partial charge in [-0.3, -0.25) is 4.72 Å². The molecule has 8 heteroatoms. The summed E-state index contributed by atoms with van der Waals surface area (Å²) in [6, 6.07) is 8.63. The second-order valence-corrected chi connectivity index (χ2v) is 6.63. The first-order valence-electron chi connectivity index (χ1n) is 5.75. The maximum absolute atomic E-state index is 12.3. The number of halogens is 2. The number of rotatable bonds is 4. The first-order chi connectivity index (χ1) is 9.83. The van der Waals surface area contributed by atoms with Crippen molar-refractivity contribution in [3.05, 3.63) is 46.4 Å². The number of sulfonamides is 1. The fourth-order valence-corrected chi connectivity index (χ4v) is 3.02. The van der Waals surface area contributed by atoms with Gasteiger partial charge in [-0.15, -0.1) is 0 Å². The van der Waals surface area contributed by atoms with Gasteiger partial charge in [0.05, 0.1) is 33.4 Å². The lowest BCUT2D eigenvalue weighted by atomic mass is 10.3. The lowest BCUT2D eigenvalue weighted by Gasteiger charge is -2.11. The van der Waals surface area contributed by atoms with E-state index < -0.39 is 10.0 Å². The second kappa shape index (κ2) is 6.01. The Bertz CT molecular complexity index is 779. The molecule has 2 aromatic rings. The summed E-state index contributed by atoms with van der Waals surface area (Å²) in [6.07, 6.45) is 0. The Balaban J connectivity index is 2.35. The van der Waals surface area contributed by atoms with Crippen LogP contribution in [0.25, 0.3) is 0 Å². The van der Waals surface area contributed by atoms with Crippen LogP contribution in [0.4, 0.5) is 11.4 Å². The lowest BCUT2D eigenvalue weighted by Crippen LogP contribution is -2.13. The number of benzene rings is 2. The summed E-state index contributed by atoms with van der Waals surface area (Å²) in [5.41, 5.74) is 6.13. The highest BCUT2D eigenvalue weighted by Gasteiger charge is 2.16. The van der Waals surface area contributed by atoms with E-state index in [1.165, 1.54) is 43.5 Å². The normalized spacial score (nSPS) is 11.2. The van der Waals surface area contributed by atoms with Crippen LogP contribution in [0.2, 0.25) is 10.0 Å². The zero-order valence-electron chi connectivity index (χ0n) is 10.9. The summed E-state index contributed by atoms with van der Waals surface area (Å²) in [5, 5.41) is 0.679. The Morgan fingerprint density at radius 3 is 2.38 bits per heavy atom. The van der Waals surface area contributed by atoms with E-state index in [4.69, 9.17) is 33.7 Å². The molecule has 2 rings (SSSR count). The van der Waals surface area contributed by atoms with Crippen molar-refractivity contribution in [3.63, 3.8) is 0 Å². The van der Waals surface area contributed by atoms with E-state index in [1.54, 1.807) is 0 Å². The number of hydrogen-bond acceptors (Lipinski definition) is 4. The second-order valence-electron chi connectivity index (χ2n) is 4.14. The van der Waals surface area contributed by atoms with Gasteiger partial charge in [0, 0.05) is 6.07 Å². The molecule has 2 aromatic carbocycles. The van der Waals surface area contributed by atoms with Crippen LogP contribution in [0, 0.1) is 0 Å². The van der Waals surface area contributed by atoms with Crippen molar-refractivity contribution in [3.8, 4) is 5.75 Å². The van der Waals surface area contributed by atoms with E-state index in [-0.39, 0.29) is 10.6 Å². The van der Waals surface area contributed by atoms with Crippen LogP contribution in [-0.2, 0) is 10.0 Å². The number of nitrogen functional groups attached to an aromatic ring is 1. The summed E-state index contributed by atoms with van der Waals surface area (Å²) < 4.78 is 32.0. The molecule has 0 saturated carbocycles. The molecular formula is C13H12Cl2N2O3S. The molecule has 21 heavy (non-hydrogen) atoms. The van der Waals surface area contributed by atoms with Crippen LogP contribution in [-0.4, -0.2) is 15.5 Å². The summed E-state index contributed by atoms with van der Waals surface area (Å²) in [7, 11) is -2.33. The maximum Gasteiger partial charge on any atom is 0.261 e. The Morgan fingerprint density at radius 1 is 1.10 bits per heavy atom. The molecule has 112 valence electrons. The Labute approximate surface area is 132 Å². The molecule has 0 radical (unpaired) electrons. The standard InChI is InChI=1S/C13H12Cl2N2O3S/c1-20-13-6-8(2-4-11(13)15)17-21(18,19)9-3-5-10(14)12(16)7-9/h2-7,17H,16H2,1H3. The van der Waals surface area contributed by atoms with Crippen molar-refractivity contribution in [1.29, 1.82) is 0 Å². The highest BCUT2D eigenvalue weighted by molar-refractivity contribution is 7.92. The Hall–Kier alpha value is -1.63. The topological polar surface area (TPSA) is 81.4 Å². The van der Waals surface area contributed by atoms with E-state index in [0.29, 0.717) is 21.5 Å². The average molecular weight is 347 g/mol. The van der Waals surface area contributed by atoms with Crippen LogP contribution < -0.4 is 15.2 Å². The Morgan fingerprint density at radius 2 is 1.76 bits per heavy atom. The fraction of sp³-hybridized carbons (Fsp3) is 0.0769. The fourth-order valence-electron chi connectivity index (χ4n) is 1.63. The first kappa shape index (κ1) is 15.8. The Kier molecular flexibility index (Phi) is 4.51.